The lowest BCUT2D eigenvalue weighted by molar-refractivity contribution is -0.131. The zero-order chi connectivity index (χ0) is 21.3. The molecule has 1 fully saturated rings. The molecule has 1 aliphatic heterocycles. The lowest BCUT2D eigenvalue weighted by Gasteiger charge is -2.25. The van der Waals surface area contributed by atoms with Crippen LogP contribution >= 0.6 is 0 Å². The highest BCUT2D eigenvalue weighted by Crippen LogP contribution is 2.27. The highest BCUT2D eigenvalue weighted by molar-refractivity contribution is 7.89. The first-order chi connectivity index (χ1) is 12.9. The molecule has 1 aliphatic rings. The van der Waals surface area contributed by atoms with Crippen LogP contribution in [0.3, 0.4) is 0 Å². The summed E-state index contributed by atoms with van der Waals surface area (Å²) in [6, 6.07) is 7.55. The molecule has 0 bridgehead atoms. The molecule has 9 nitrogen and oxygen atoms in total. The number of carbonyl (C=O) groups excluding carboxylic acids is 2. The van der Waals surface area contributed by atoms with Crippen LogP contribution in [0.25, 0.3) is 0 Å². The number of hydrogen-bond donors (Lipinski definition) is 0. The van der Waals surface area contributed by atoms with Crippen molar-refractivity contribution in [3.05, 3.63) is 35.9 Å². The summed E-state index contributed by atoms with van der Waals surface area (Å²) in [7, 11) is -7.03. The molecule has 1 unspecified atom stereocenters. The summed E-state index contributed by atoms with van der Waals surface area (Å²) in [4.78, 5) is 25.3. The van der Waals surface area contributed by atoms with Gasteiger partial charge in [0, 0.05) is 7.05 Å². The average molecular weight is 432 g/mol. The molecule has 1 heterocycles. The van der Waals surface area contributed by atoms with Gasteiger partial charge in [0.2, 0.25) is 15.9 Å². The second-order valence-corrected chi connectivity index (χ2v) is 11.0. The fourth-order valence-electron chi connectivity index (χ4n) is 2.93. The number of carbonyl (C=O) groups is 2. The molecule has 11 heteroatoms. The second-order valence-electron chi connectivity index (χ2n) is 7.17. The molecule has 1 atom stereocenters. The van der Waals surface area contributed by atoms with Crippen molar-refractivity contribution in [3.8, 4) is 0 Å². The molecule has 0 radical (unpaired) electrons. The van der Waals surface area contributed by atoms with Crippen LogP contribution in [0, 0.1) is 5.92 Å². The van der Waals surface area contributed by atoms with Crippen molar-refractivity contribution < 1.29 is 26.4 Å². The molecule has 2 rings (SSSR count). The van der Waals surface area contributed by atoms with Crippen LogP contribution in [-0.2, 0) is 36.2 Å². The molecule has 1 saturated heterocycles. The Morgan fingerprint density at radius 2 is 1.79 bits per heavy atom. The monoisotopic (exact) mass is 431 g/mol. The summed E-state index contributed by atoms with van der Waals surface area (Å²) in [6.45, 7) is 2.83. The fourth-order valence-corrected chi connectivity index (χ4v) is 5.19. The quantitative estimate of drug-likeness (QED) is 0.618. The van der Waals surface area contributed by atoms with Crippen LogP contribution in [0.1, 0.15) is 25.8 Å². The molecular formula is C17H25N3O6S2. The molecular weight excluding hydrogens is 406 g/mol. The number of amides is 2. The predicted octanol–water partition coefficient (Wildman–Crippen LogP) is 0.408. The van der Waals surface area contributed by atoms with Crippen molar-refractivity contribution in [2.24, 2.45) is 5.92 Å². The number of hydrogen-bond acceptors (Lipinski definition) is 6. The van der Waals surface area contributed by atoms with Crippen LogP contribution in [-0.4, -0.2) is 67.6 Å². The van der Waals surface area contributed by atoms with E-state index in [9.17, 15) is 26.4 Å². The van der Waals surface area contributed by atoms with Gasteiger partial charge >= 0.3 is 10.2 Å². The van der Waals surface area contributed by atoms with Crippen LogP contribution in [0.2, 0.25) is 0 Å². The first-order valence-electron chi connectivity index (χ1n) is 8.69. The van der Waals surface area contributed by atoms with E-state index in [1.807, 2.05) is 13.8 Å². The highest BCUT2D eigenvalue weighted by atomic mass is 32.2. The van der Waals surface area contributed by atoms with Crippen molar-refractivity contribution in [2.45, 2.75) is 32.7 Å². The van der Waals surface area contributed by atoms with Gasteiger partial charge in [-0.3, -0.25) is 9.59 Å². The minimum absolute atomic E-state index is 0.0530. The van der Waals surface area contributed by atoms with Crippen molar-refractivity contribution >= 4 is 32.0 Å². The zero-order valence-electron chi connectivity index (χ0n) is 16.3. The van der Waals surface area contributed by atoms with Gasteiger partial charge in [-0.25, -0.2) is 17.0 Å². The van der Waals surface area contributed by atoms with E-state index >= 15 is 0 Å². The second kappa shape index (κ2) is 8.18. The molecule has 0 aromatic heterocycles. The molecule has 1 aromatic carbocycles. The predicted molar refractivity (Wildman–Crippen MR) is 103 cm³/mol. The van der Waals surface area contributed by atoms with Gasteiger partial charge in [-0.2, -0.15) is 12.7 Å². The van der Waals surface area contributed by atoms with E-state index in [1.165, 1.54) is 7.05 Å². The molecule has 1 aromatic rings. The van der Waals surface area contributed by atoms with Crippen molar-refractivity contribution in [1.29, 1.82) is 0 Å². The largest absolute Gasteiger partial charge is 0.308 e. The lowest BCUT2D eigenvalue weighted by Crippen LogP contribution is -2.47. The smallest absolute Gasteiger partial charge is 0.273 e. The summed E-state index contributed by atoms with van der Waals surface area (Å²) in [5, 5.41) is 0. The third-order valence-electron chi connectivity index (χ3n) is 4.44. The summed E-state index contributed by atoms with van der Waals surface area (Å²) in [6.07, 6.45) is 0.863. The van der Waals surface area contributed by atoms with E-state index in [0.717, 1.165) is 10.6 Å². The Morgan fingerprint density at radius 3 is 2.29 bits per heavy atom. The van der Waals surface area contributed by atoms with Gasteiger partial charge in [0.25, 0.3) is 5.91 Å². The summed E-state index contributed by atoms with van der Waals surface area (Å²) in [5.74, 6) is -1.50. The number of benzene rings is 1. The van der Waals surface area contributed by atoms with E-state index in [4.69, 9.17) is 0 Å². The van der Waals surface area contributed by atoms with Gasteiger partial charge in [0.15, 0.2) is 0 Å². The van der Waals surface area contributed by atoms with Crippen molar-refractivity contribution in [3.63, 3.8) is 0 Å². The van der Waals surface area contributed by atoms with Gasteiger partial charge in [-0.15, -0.1) is 0 Å². The van der Waals surface area contributed by atoms with Crippen molar-refractivity contribution in [1.82, 2.24) is 12.9 Å². The van der Waals surface area contributed by atoms with Gasteiger partial charge < -0.3 is 0 Å². The van der Waals surface area contributed by atoms with Crippen molar-refractivity contribution in [2.75, 3.05) is 20.0 Å². The van der Waals surface area contributed by atoms with E-state index in [-0.39, 0.29) is 12.3 Å². The Bertz CT molecular complexity index is 944. The van der Waals surface area contributed by atoms with Gasteiger partial charge in [0.1, 0.15) is 12.7 Å². The van der Waals surface area contributed by atoms with E-state index in [0.29, 0.717) is 20.6 Å². The minimum Gasteiger partial charge on any atom is -0.273 e. The number of sulfonamides is 1. The highest BCUT2D eigenvalue weighted by Gasteiger charge is 2.49. The van der Waals surface area contributed by atoms with Gasteiger partial charge in [-0.05, 0) is 17.9 Å². The molecule has 2 amide bonds. The first-order valence-corrected chi connectivity index (χ1v) is 11.9. The maximum Gasteiger partial charge on any atom is 0.308 e. The Balaban J connectivity index is 2.31. The number of likely N-dealkylation sites (N-methyl/N-ethyl adjacent to an activating group) is 1. The first kappa shape index (κ1) is 22.3. The van der Waals surface area contributed by atoms with Crippen LogP contribution in [0.4, 0.5) is 0 Å². The molecule has 156 valence electrons. The topological polar surface area (TPSA) is 112 Å². The van der Waals surface area contributed by atoms with E-state index in [2.05, 4.69) is 0 Å². The van der Waals surface area contributed by atoms with Gasteiger partial charge in [-0.1, -0.05) is 44.2 Å². The molecule has 0 aliphatic carbocycles. The molecule has 0 saturated carbocycles. The summed E-state index contributed by atoms with van der Waals surface area (Å²) >= 11 is 0. The maximum absolute atomic E-state index is 12.7. The van der Waals surface area contributed by atoms with Crippen LogP contribution in [0.15, 0.2) is 30.3 Å². The Labute approximate surface area is 166 Å². The maximum atomic E-state index is 12.7. The normalized spacial score (nSPS) is 20.0. The molecule has 0 N–H and O–H groups in total. The average Bonchev–Trinajstić information content (AvgIpc) is 2.72. The summed E-state index contributed by atoms with van der Waals surface area (Å²) < 4.78 is 51.4. The third kappa shape index (κ3) is 4.70. The minimum atomic E-state index is -4.21. The van der Waals surface area contributed by atoms with E-state index < -0.39 is 44.8 Å². The lowest BCUT2D eigenvalue weighted by atomic mass is 10.0. The third-order valence-corrected chi connectivity index (χ3v) is 7.39. The Morgan fingerprint density at radius 1 is 1.21 bits per heavy atom. The fraction of sp³-hybridized carbons (Fsp3) is 0.529. The van der Waals surface area contributed by atoms with Crippen LogP contribution in [0.5, 0.6) is 0 Å². The summed E-state index contributed by atoms with van der Waals surface area (Å²) in [5.41, 5.74) is 0.576. The Kier molecular flexibility index (Phi) is 6.51. The Hall–Kier alpha value is -1.98. The standard InChI is InChI=1S/C17H25N3O6S2/c1-13(2)10-15-17(22)20(28(25,26)18(15)3)12-19(27(4,23)24)16(21)11-14-8-6-5-7-9-14/h5-9,13,15H,10-12H2,1-4H3. The molecule has 0 spiro atoms. The van der Waals surface area contributed by atoms with E-state index in [1.54, 1.807) is 30.3 Å². The van der Waals surface area contributed by atoms with Crippen LogP contribution < -0.4 is 0 Å². The SMILES string of the molecule is CC(C)CC1C(=O)N(CN(C(=O)Cc2ccccc2)S(C)(=O)=O)S(=O)(=O)N1C. The number of rotatable bonds is 7. The zero-order valence-corrected chi connectivity index (χ0v) is 17.9. The van der Waals surface area contributed by atoms with Gasteiger partial charge in [0.05, 0.1) is 12.7 Å². The molecule has 28 heavy (non-hydrogen) atoms. The number of nitrogens with zero attached hydrogens (tertiary/aromatic N) is 3.